The number of hydrogen-bond donors (Lipinski definition) is 0. The number of allylic oxidation sites excluding steroid dienone is 1. The zero-order valence-corrected chi connectivity index (χ0v) is 9.42. The number of hydrogen-bond acceptors (Lipinski definition) is 1. The Morgan fingerprint density at radius 1 is 1.50 bits per heavy atom. The van der Waals surface area contributed by atoms with E-state index in [0.29, 0.717) is 12.1 Å². The average Bonchev–Trinajstić information content (AvgIpc) is 1.98. The highest BCUT2D eigenvalue weighted by atomic mass is 28.4. The lowest BCUT2D eigenvalue weighted by Gasteiger charge is -2.25. The summed E-state index contributed by atoms with van der Waals surface area (Å²) < 4.78 is 5.75. The molecule has 0 bridgehead atoms. The lowest BCUT2D eigenvalue weighted by atomic mass is 10.5. The fourth-order valence-corrected chi connectivity index (χ4v) is 1.40. The zero-order chi connectivity index (χ0) is 9.61. The minimum absolute atomic E-state index is 0.650. The van der Waals surface area contributed by atoms with Crippen molar-refractivity contribution in [2.75, 3.05) is 6.61 Å². The molecule has 0 aromatic heterocycles. The van der Waals surface area contributed by atoms with Crippen LogP contribution in [0.4, 0.5) is 0 Å². The normalized spacial score (nSPS) is 12.3. The van der Waals surface area contributed by atoms with Crippen LogP contribution in [-0.4, -0.2) is 14.9 Å². The van der Waals surface area contributed by atoms with Crippen molar-refractivity contribution in [2.45, 2.75) is 32.5 Å². The zero-order valence-electron chi connectivity index (χ0n) is 8.42. The molecule has 12 heavy (non-hydrogen) atoms. The van der Waals surface area contributed by atoms with E-state index in [2.05, 4.69) is 32.9 Å². The van der Waals surface area contributed by atoms with E-state index in [0.717, 1.165) is 0 Å². The first-order valence-corrected chi connectivity index (χ1v) is 7.24. The first-order valence-electron chi connectivity index (χ1n) is 4.26. The Hall–Kier alpha value is -0.523. The van der Waals surface area contributed by atoms with E-state index >= 15 is 0 Å². The molecule has 0 saturated heterocycles. The van der Waals surface area contributed by atoms with Crippen molar-refractivity contribution in [3.63, 3.8) is 0 Å². The summed E-state index contributed by atoms with van der Waals surface area (Å²) in [5.41, 5.74) is 0.650. The van der Waals surface area contributed by atoms with E-state index < -0.39 is 8.32 Å². The smallest absolute Gasteiger partial charge is 0.189 e. The third kappa shape index (κ3) is 4.37. The molecule has 1 nitrogen and oxygen atoms in total. The molecule has 0 amide bonds. The van der Waals surface area contributed by atoms with Gasteiger partial charge >= 0.3 is 0 Å². The van der Waals surface area contributed by atoms with Crippen LogP contribution in [0.5, 0.6) is 0 Å². The number of rotatable bonds is 4. The summed E-state index contributed by atoms with van der Waals surface area (Å²) in [6.45, 7) is 9.51. The lowest BCUT2D eigenvalue weighted by molar-refractivity contribution is 0.344. The quantitative estimate of drug-likeness (QED) is 0.480. The van der Waals surface area contributed by atoms with Crippen molar-refractivity contribution >= 4 is 8.32 Å². The van der Waals surface area contributed by atoms with E-state index in [1.165, 1.54) is 0 Å². The Balaban J connectivity index is 3.78. The van der Waals surface area contributed by atoms with Gasteiger partial charge in [0.1, 0.15) is 0 Å². The summed E-state index contributed by atoms with van der Waals surface area (Å²) in [7, 11) is -1.45. The molecule has 0 saturated carbocycles. The third-order valence-corrected chi connectivity index (χ3v) is 5.85. The summed E-state index contributed by atoms with van der Waals surface area (Å²) in [6.07, 6.45) is 8.63. The maximum Gasteiger partial charge on any atom is 0.189 e. The van der Waals surface area contributed by atoms with Crippen LogP contribution in [0.25, 0.3) is 0 Å². The third-order valence-electron chi connectivity index (χ3n) is 2.16. The maximum atomic E-state index is 5.75. The Morgan fingerprint density at radius 3 is 2.50 bits per heavy atom. The summed E-state index contributed by atoms with van der Waals surface area (Å²) in [6, 6.07) is 0. The van der Waals surface area contributed by atoms with E-state index in [-0.39, 0.29) is 0 Å². The van der Waals surface area contributed by atoms with Crippen LogP contribution in [0.3, 0.4) is 0 Å². The molecule has 0 aromatic carbocycles. The minimum Gasteiger partial charge on any atom is -0.413 e. The molecular formula is C10H18OSi. The molecule has 0 atom stereocenters. The minimum atomic E-state index is -1.45. The molecule has 0 aliphatic carbocycles. The molecule has 0 heterocycles. The van der Waals surface area contributed by atoms with E-state index in [9.17, 15) is 0 Å². The van der Waals surface area contributed by atoms with Gasteiger partial charge in [-0.15, -0.1) is 6.42 Å². The van der Waals surface area contributed by atoms with Crippen LogP contribution in [-0.2, 0) is 4.43 Å². The van der Waals surface area contributed by atoms with Gasteiger partial charge in [-0.05, 0) is 24.7 Å². The molecule has 0 aliphatic rings. The lowest BCUT2D eigenvalue weighted by Crippen LogP contribution is -2.33. The second-order valence-corrected chi connectivity index (χ2v) is 8.29. The van der Waals surface area contributed by atoms with Gasteiger partial charge in [0.2, 0.25) is 0 Å². The highest BCUT2D eigenvalue weighted by Crippen LogP contribution is 2.20. The van der Waals surface area contributed by atoms with Crippen molar-refractivity contribution in [3.05, 3.63) is 12.2 Å². The monoisotopic (exact) mass is 182 g/mol. The highest BCUT2D eigenvalue weighted by Gasteiger charge is 2.25. The van der Waals surface area contributed by atoms with Crippen molar-refractivity contribution in [1.82, 2.24) is 0 Å². The molecule has 0 spiro atoms. The molecule has 2 heteroatoms. The fraction of sp³-hybridized carbons (Fsp3) is 0.600. The molecule has 68 valence electrons. The standard InChI is InChI=1S/C10H18OSi/c1-6-7-8-9-11-12(4,5)10(2)3/h1,7-8,10H,9H2,2-5H3. The van der Waals surface area contributed by atoms with E-state index in [4.69, 9.17) is 10.8 Å². The second-order valence-electron chi connectivity index (χ2n) is 3.64. The van der Waals surface area contributed by atoms with Crippen molar-refractivity contribution in [2.24, 2.45) is 0 Å². The van der Waals surface area contributed by atoms with Gasteiger partial charge in [0.05, 0.1) is 6.61 Å². The van der Waals surface area contributed by atoms with E-state index in [1.807, 2.05) is 6.08 Å². The highest BCUT2D eigenvalue weighted by molar-refractivity contribution is 6.72. The van der Waals surface area contributed by atoms with Gasteiger partial charge in [-0.25, -0.2) is 0 Å². The van der Waals surface area contributed by atoms with E-state index in [1.54, 1.807) is 6.08 Å². The second kappa shape index (κ2) is 5.18. The molecule has 0 unspecified atom stereocenters. The average molecular weight is 182 g/mol. The first kappa shape index (κ1) is 11.5. The summed E-state index contributed by atoms with van der Waals surface area (Å²) >= 11 is 0. The molecule has 0 aromatic rings. The molecule has 0 fully saturated rings. The molecule has 0 aliphatic heterocycles. The molecular weight excluding hydrogens is 164 g/mol. The van der Waals surface area contributed by atoms with Crippen molar-refractivity contribution in [3.8, 4) is 12.3 Å². The van der Waals surface area contributed by atoms with Crippen LogP contribution >= 0.6 is 0 Å². The van der Waals surface area contributed by atoms with Gasteiger partial charge in [-0.3, -0.25) is 0 Å². The summed E-state index contributed by atoms with van der Waals surface area (Å²) in [5.74, 6) is 2.44. The first-order chi connectivity index (χ1) is 5.50. The molecule has 0 rings (SSSR count). The molecule has 0 N–H and O–H groups in total. The van der Waals surface area contributed by atoms with Gasteiger partial charge in [0, 0.05) is 0 Å². The number of terminal acetylenes is 1. The summed E-state index contributed by atoms with van der Waals surface area (Å²) in [5, 5.41) is 0. The van der Waals surface area contributed by atoms with Gasteiger partial charge in [0.25, 0.3) is 0 Å². The topological polar surface area (TPSA) is 9.23 Å². The van der Waals surface area contributed by atoms with Crippen LogP contribution in [0, 0.1) is 12.3 Å². The predicted molar refractivity (Wildman–Crippen MR) is 56.5 cm³/mol. The van der Waals surface area contributed by atoms with Crippen molar-refractivity contribution in [1.29, 1.82) is 0 Å². The predicted octanol–water partition coefficient (Wildman–Crippen LogP) is 2.81. The Labute approximate surface area is 77.0 Å². The Morgan fingerprint density at radius 2 is 2.08 bits per heavy atom. The fourth-order valence-electron chi connectivity index (χ4n) is 0.546. The van der Waals surface area contributed by atoms with Gasteiger partial charge in [0.15, 0.2) is 8.32 Å². The van der Waals surface area contributed by atoms with Gasteiger partial charge in [-0.2, -0.15) is 0 Å². The SMILES string of the molecule is C#CC=CCO[Si](C)(C)C(C)C. The van der Waals surface area contributed by atoms with Crippen LogP contribution in [0.15, 0.2) is 12.2 Å². The summed E-state index contributed by atoms with van der Waals surface area (Å²) in [4.78, 5) is 0. The molecule has 0 radical (unpaired) electrons. The maximum absolute atomic E-state index is 5.75. The van der Waals surface area contributed by atoms with Crippen LogP contribution in [0.2, 0.25) is 18.6 Å². The van der Waals surface area contributed by atoms with Gasteiger partial charge in [-0.1, -0.05) is 25.8 Å². The van der Waals surface area contributed by atoms with Gasteiger partial charge < -0.3 is 4.43 Å². The largest absolute Gasteiger partial charge is 0.413 e. The van der Waals surface area contributed by atoms with Crippen LogP contribution in [0.1, 0.15) is 13.8 Å². The van der Waals surface area contributed by atoms with Crippen molar-refractivity contribution < 1.29 is 4.43 Å². The van der Waals surface area contributed by atoms with Crippen LogP contribution < -0.4 is 0 Å². The Bertz CT molecular complexity index is 187. The Kier molecular flexibility index (Phi) is 4.95.